The van der Waals surface area contributed by atoms with Gasteiger partial charge in [0, 0.05) is 32.1 Å². The number of benzene rings is 1. The molecule has 3 heterocycles. The summed E-state index contributed by atoms with van der Waals surface area (Å²) in [7, 11) is 0. The van der Waals surface area contributed by atoms with Crippen LogP contribution in [0.5, 0.6) is 0 Å². The van der Waals surface area contributed by atoms with Gasteiger partial charge in [0.05, 0.1) is 11.6 Å². The Hall–Kier alpha value is -2.87. The SMILES string of the molecule is CC(C)C(=O)N1CCC(c2ccc(N(C(=O)C3CNC3)c3ccc(F)nn3)cc2)CC1. The first-order valence-corrected chi connectivity index (χ1v) is 10.9. The van der Waals surface area contributed by atoms with Gasteiger partial charge in [0.1, 0.15) is 0 Å². The largest absolute Gasteiger partial charge is 0.342 e. The lowest BCUT2D eigenvalue weighted by Crippen LogP contribution is -2.51. The average molecular weight is 426 g/mol. The number of piperidine rings is 1. The molecule has 4 rings (SSSR count). The summed E-state index contributed by atoms with van der Waals surface area (Å²) in [4.78, 5) is 28.7. The van der Waals surface area contributed by atoms with Crippen molar-refractivity contribution in [3.63, 3.8) is 0 Å². The van der Waals surface area contributed by atoms with E-state index in [0.29, 0.717) is 30.5 Å². The van der Waals surface area contributed by atoms with Crippen molar-refractivity contribution in [2.75, 3.05) is 31.1 Å². The van der Waals surface area contributed by atoms with Crippen molar-refractivity contribution < 1.29 is 14.0 Å². The molecule has 0 radical (unpaired) electrons. The van der Waals surface area contributed by atoms with Crippen molar-refractivity contribution >= 4 is 23.3 Å². The molecule has 2 saturated heterocycles. The van der Waals surface area contributed by atoms with Crippen LogP contribution in [0.1, 0.15) is 38.2 Å². The van der Waals surface area contributed by atoms with E-state index in [-0.39, 0.29) is 23.7 Å². The van der Waals surface area contributed by atoms with E-state index in [0.717, 1.165) is 25.9 Å². The second-order valence-corrected chi connectivity index (χ2v) is 8.59. The third-order valence-corrected chi connectivity index (χ3v) is 6.12. The fraction of sp³-hybridized carbons (Fsp3) is 0.478. The highest BCUT2D eigenvalue weighted by molar-refractivity contribution is 6.01. The maximum absolute atomic E-state index is 13.3. The van der Waals surface area contributed by atoms with E-state index in [1.807, 2.05) is 43.0 Å². The summed E-state index contributed by atoms with van der Waals surface area (Å²) in [5.41, 5.74) is 1.89. The molecule has 8 heteroatoms. The number of carbonyl (C=O) groups excluding carboxylic acids is 2. The number of hydrogen-bond donors (Lipinski definition) is 1. The minimum Gasteiger partial charge on any atom is -0.342 e. The van der Waals surface area contributed by atoms with E-state index in [2.05, 4.69) is 15.5 Å². The summed E-state index contributed by atoms with van der Waals surface area (Å²) < 4.78 is 13.3. The van der Waals surface area contributed by atoms with E-state index in [9.17, 15) is 14.0 Å². The first-order valence-electron chi connectivity index (χ1n) is 10.9. The Bertz CT molecular complexity index is 920. The second kappa shape index (κ2) is 9.09. The normalized spacial score (nSPS) is 17.5. The molecule has 1 N–H and O–H groups in total. The number of amides is 2. The molecule has 7 nitrogen and oxygen atoms in total. The molecule has 0 spiro atoms. The highest BCUT2D eigenvalue weighted by atomic mass is 19.1. The zero-order valence-corrected chi connectivity index (χ0v) is 17.9. The molecular formula is C23H28FN5O2. The van der Waals surface area contributed by atoms with Gasteiger partial charge in [-0.05, 0) is 48.6 Å². The Balaban J connectivity index is 1.50. The highest BCUT2D eigenvalue weighted by Crippen LogP contribution is 2.32. The maximum atomic E-state index is 13.3. The van der Waals surface area contributed by atoms with Crippen LogP contribution in [0.2, 0.25) is 0 Å². The Kier molecular flexibility index (Phi) is 6.27. The molecule has 2 aromatic rings. The third-order valence-electron chi connectivity index (χ3n) is 6.12. The molecule has 31 heavy (non-hydrogen) atoms. The van der Waals surface area contributed by atoms with Gasteiger partial charge in [-0.25, -0.2) is 0 Å². The predicted octanol–water partition coefficient (Wildman–Crippen LogP) is 2.86. The Morgan fingerprint density at radius 3 is 2.26 bits per heavy atom. The standard InChI is InChI=1S/C23H28FN5O2/c1-15(2)22(30)28-11-9-17(10-12-28)16-3-5-19(6-4-16)29(23(31)18-13-25-14-18)21-8-7-20(24)26-27-21/h3-8,15,17-18,25H,9-14H2,1-2H3. The summed E-state index contributed by atoms with van der Waals surface area (Å²) in [6.45, 7) is 6.66. The molecule has 0 aliphatic carbocycles. The molecular weight excluding hydrogens is 397 g/mol. The number of aromatic nitrogens is 2. The molecule has 164 valence electrons. The number of carbonyl (C=O) groups is 2. The monoisotopic (exact) mass is 425 g/mol. The maximum Gasteiger partial charge on any atom is 0.238 e. The predicted molar refractivity (Wildman–Crippen MR) is 115 cm³/mol. The second-order valence-electron chi connectivity index (χ2n) is 8.59. The smallest absolute Gasteiger partial charge is 0.238 e. The van der Waals surface area contributed by atoms with Crippen molar-refractivity contribution in [3.05, 3.63) is 47.9 Å². The third kappa shape index (κ3) is 4.58. The van der Waals surface area contributed by atoms with E-state index in [1.165, 1.54) is 22.6 Å². The molecule has 2 amide bonds. The topological polar surface area (TPSA) is 78.4 Å². The first-order chi connectivity index (χ1) is 14.9. The van der Waals surface area contributed by atoms with Crippen molar-refractivity contribution in [2.45, 2.75) is 32.6 Å². The summed E-state index contributed by atoms with van der Waals surface area (Å²) in [5.74, 6) is 0.0532. The summed E-state index contributed by atoms with van der Waals surface area (Å²) in [6.07, 6.45) is 1.86. The van der Waals surface area contributed by atoms with Crippen LogP contribution in [0, 0.1) is 17.8 Å². The molecule has 0 bridgehead atoms. The lowest BCUT2D eigenvalue weighted by atomic mass is 9.89. The van der Waals surface area contributed by atoms with Gasteiger partial charge in [0.15, 0.2) is 5.82 Å². The van der Waals surface area contributed by atoms with Crippen molar-refractivity contribution in [1.82, 2.24) is 20.4 Å². The quantitative estimate of drug-likeness (QED) is 0.797. The van der Waals surface area contributed by atoms with Gasteiger partial charge in [0.2, 0.25) is 17.8 Å². The molecule has 1 aromatic carbocycles. The molecule has 1 aromatic heterocycles. The number of halogens is 1. The van der Waals surface area contributed by atoms with Gasteiger partial charge in [0.25, 0.3) is 0 Å². The van der Waals surface area contributed by atoms with Crippen LogP contribution >= 0.6 is 0 Å². The van der Waals surface area contributed by atoms with Gasteiger partial charge in [-0.3, -0.25) is 14.5 Å². The fourth-order valence-electron chi connectivity index (χ4n) is 4.14. The molecule has 2 aliphatic heterocycles. The number of nitrogens with zero attached hydrogens (tertiary/aromatic N) is 4. The Labute approximate surface area is 181 Å². The number of nitrogens with one attached hydrogen (secondary N) is 1. The van der Waals surface area contributed by atoms with Crippen LogP contribution in [-0.4, -0.2) is 53.1 Å². The van der Waals surface area contributed by atoms with Gasteiger partial charge in [-0.1, -0.05) is 26.0 Å². The number of rotatable bonds is 5. The van der Waals surface area contributed by atoms with Gasteiger partial charge in [-0.2, -0.15) is 4.39 Å². The number of likely N-dealkylation sites (tertiary alicyclic amines) is 1. The van der Waals surface area contributed by atoms with Crippen LogP contribution in [0.15, 0.2) is 36.4 Å². The zero-order chi connectivity index (χ0) is 22.0. The Morgan fingerprint density at radius 2 is 1.74 bits per heavy atom. The summed E-state index contributed by atoms with van der Waals surface area (Å²) in [5, 5.41) is 10.5. The van der Waals surface area contributed by atoms with Gasteiger partial charge in [-0.15, -0.1) is 10.2 Å². The number of anilines is 2. The first kappa shape index (κ1) is 21.4. The van der Waals surface area contributed by atoms with Crippen molar-refractivity contribution in [2.24, 2.45) is 11.8 Å². The van der Waals surface area contributed by atoms with Gasteiger partial charge >= 0.3 is 0 Å². The van der Waals surface area contributed by atoms with Crippen molar-refractivity contribution in [1.29, 1.82) is 0 Å². The minimum absolute atomic E-state index is 0.0276. The highest BCUT2D eigenvalue weighted by Gasteiger charge is 2.32. The van der Waals surface area contributed by atoms with Crippen LogP contribution in [0.4, 0.5) is 15.9 Å². The van der Waals surface area contributed by atoms with Crippen LogP contribution < -0.4 is 10.2 Å². The number of hydrogen-bond acceptors (Lipinski definition) is 5. The molecule has 2 aliphatic rings. The van der Waals surface area contributed by atoms with Crippen LogP contribution in [0.25, 0.3) is 0 Å². The van der Waals surface area contributed by atoms with Gasteiger partial charge < -0.3 is 10.2 Å². The van der Waals surface area contributed by atoms with E-state index in [1.54, 1.807) is 0 Å². The summed E-state index contributed by atoms with van der Waals surface area (Å²) in [6, 6.07) is 10.6. The molecule has 0 saturated carbocycles. The fourth-order valence-corrected chi connectivity index (χ4v) is 4.14. The van der Waals surface area contributed by atoms with E-state index in [4.69, 9.17) is 0 Å². The lowest BCUT2D eigenvalue weighted by molar-refractivity contribution is -0.135. The average Bonchev–Trinajstić information content (AvgIpc) is 2.74. The van der Waals surface area contributed by atoms with E-state index < -0.39 is 5.95 Å². The lowest BCUT2D eigenvalue weighted by Gasteiger charge is -2.34. The van der Waals surface area contributed by atoms with Crippen molar-refractivity contribution in [3.8, 4) is 0 Å². The van der Waals surface area contributed by atoms with E-state index >= 15 is 0 Å². The summed E-state index contributed by atoms with van der Waals surface area (Å²) >= 11 is 0. The molecule has 0 atom stereocenters. The zero-order valence-electron chi connectivity index (χ0n) is 17.9. The molecule has 0 unspecified atom stereocenters. The Morgan fingerprint density at radius 1 is 1.06 bits per heavy atom. The molecule has 2 fully saturated rings. The van der Waals surface area contributed by atoms with Crippen LogP contribution in [0.3, 0.4) is 0 Å². The van der Waals surface area contributed by atoms with Crippen LogP contribution in [-0.2, 0) is 9.59 Å². The minimum atomic E-state index is -0.681.